The summed E-state index contributed by atoms with van der Waals surface area (Å²) < 4.78 is 32.0. The van der Waals surface area contributed by atoms with E-state index in [2.05, 4.69) is 56.6 Å². The molecule has 0 unspecified atom stereocenters. The summed E-state index contributed by atoms with van der Waals surface area (Å²) in [5.41, 5.74) is 1.89. The van der Waals surface area contributed by atoms with Crippen molar-refractivity contribution in [2.24, 2.45) is 11.8 Å². The Morgan fingerprint density at radius 3 is 2.53 bits per heavy atom. The fourth-order valence-corrected chi connectivity index (χ4v) is 5.37. The van der Waals surface area contributed by atoms with Crippen molar-refractivity contribution in [1.82, 2.24) is 20.5 Å². The molecule has 2 fully saturated rings. The number of hydrogen-bond acceptors (Lipinski definition) is 8. The molecule has 0 spiro atoms. The van der Waals surface area contributed by atoms with Crippen molar-refractivity contribution in [2.45, 2.75) is 38.1 Å². The van der Waals surface area contributed by atoms with Crippen LogP contribution < -0.4 is 14.5 Å². The van der Waals surface area contributed by atoms with Gasteiger partial charge in [-0.05, 0) is 55.3 Å². The number of nitrogens with zero attached hydrogens (tertiary/aromatic N) is 5. The summed E-state index contributed by atoms with van der Waals surface area (Å²) in [7, 11) is -0.00398. The van der Waals surface area contributed by atoms with Crippen LogP contribution in [0.3, 0.4) is 0 Å². The molecule has 1 saturated heterocycles. The van der Waals surface area contributed by atoms with E-state index in [-0.39, 0.29) is 12.0 Å². The number of nitrogens with one attached hydrogen (secondary N) is 1. The van der Waals surface area contributed by atoms with Gasteiger partial charge >= 0.3 is 0 Å². The minimum absolute atomic E-state index is 0.0825. The average Bonchev–Trinajstić information content (AvgIpc) is 3.35. The zero-order chi connectivity index (χ0) is 25.4. The van der Waals surface area contributed by atoms with Gasteiger partial charge in [0.25, 0.3) is 0 Å². The largest absolute Gasteiger partial charge is 0.419 e. The van der Waals surface area contributed by atoms with Crippen molar-refractivity contribution >= 4 is 21.7 Å². The molecule has 10 heteroatoms. The number of hydrogen-bond donors (Lipinski definition) is 1. The van der Waals surface area contributed by atoms with Gasteiger partial charge in [0.15, 0.2) is 0 Å². The second kappa shape index (κ2) is 9.82. The number of sulfonamides is 1. The lowest BCUT2D eigenvalue weighted by Gasteiger charge is -2.30. The zero-order valence-corrected chi connectivity index (χ0v) is 22.1. The first-order chi connectivity index (χ1) is 17.2. The molecular formula is C26H34N6O3S. The van der Waals surface area contributed by atoms with Crippen molar-refractivity contribution in [3.05, 3.63) is 53.9 Å². The number of rotatable bonds is 8. The van der Waals surface area contributed by atoms with Crippen LogP contribution in [0.5, 0.6) is 0 Å². The maximum absolute atomic E-state index is 12.3. The van der Waals surface area contributed by atoms with Crippen LogP contribution in [0.2, 0.25) is 0 Å². The summed E-state index contributed by atoms with van der Waals surface area (Å²) in [5.74, 6) is 3.44. The lowest BCUT2D eigenvalue weighted by molar-refractivity contribution is 0.303. The Balaban J connectivity index is 1.48. The SMILES string of the molecule is C[C@@H]1C[C@H]1CN(C)c1cc(-c2nnc([C@@H]3NCCC[C@H]3c3ccccc3)o2)cc(N(C)S(C)(=O)=O)n1. The van der Waals surface area contributed by atoms with Crippen molar-refractivity contribution in [3.63, 3.8) is 0 Å². The van der Waals surface area contributed by atoms with E-state index in [9.17, 15) is 8.42 Å². The Labute approximate surface area is 213 Å². The van der Waals surface area contributed by atoms with Gasteiger partial charge in [0.05, 0.1) is 12.3 Å². The molecule has 192 valence electrons. The van der Waals surface area contributed by atoms with Gasteiger partial charge in [-0.1, -0.05) is 37.3 Å². The lowest BCUT2D eigenvalue weighted by atomic mass is 9.85. The quantitative estimate of drug-likeness (QED) is 0.488. The zero-order valence-electron chi connectivity index (χ0n) is 21.3. The van der Waals surface area contributed by atoms with Gasteiger partial charge in [0.2, 0.25) is 21.8 Å². The highest BCUT2D eigenvalue weighted by Gasteiger charge is 2.34. The molecule has 5 rings (SSSR count). The molecular weight excluding hydrogens is 476 g/mol. The van der Waals surface area contributed by atoms with E-state index in [4.69, 9.17) is 4.42 Å². The van der Waals surface area contributed by atoms with Gasteiger partial charge < -0.3 is 14.6 Å². The number of aromatic nitrogens is 3. The van der Waals surface area contributed by atoms with E-state index in [0.29, 0.717) is 40.8 Å². The van der Waals surface area contributed by atoms with E-state index in [0.717, 1.165) is 25.9 Å². The van der Waals surface area contributed by atoms with Crippen LogP contribution in [0.4, 0.5) is 11.6 Å². The summed E-state index contributed by atoms with van der Waals surface area (Å²) in [5, 5.41) is 12.3. The molecule has 1 aromatic carbocycles. The van der Waals surface area contributed by atoms with Crippen molar-refractivity contribution in [2.75, 3.05) is 42.6 Å². The summed E-state index contributed by atoms with van der Waals surface area (Å²) >= 11 is 0. The van der Waals surface area contributed by atoms with E-state index in [1.165, 1.54) is 29.6 Å². The Kier molecular flexibility index (Phi) is 6.74. The fraction of sp³-hybridized carbons (Fsp3) is 0.500. The van der Waals surface area contributed by atoms with Crippen LogP contribution in [-0.2, 0) is 10.0 Å². The fourth-order valence-electron chi connectivity index (χ4n) is 4.93. The van der Waals surface area contributed by atoms with Crippen molar-refractivity contribution in [1.29, 1.82) is 0 Å². The smallest absolute Gasteiger partial charge is 0.248 e. The highest BCUT2D eigenvalue weighted by molar-refractivity contribution is 7.92. The van der Waals surface area contributed by atoms with Crippen molar-refractivity contribution < 1.29 is 12.8 Å². The van der Waals surface area contributed by atoms with E-state index < -0.39 is 10.0 Å². The summed E-state index contributed by atoms with van der Waals surface area (Å²) in [6.07, 6.45) is 4.48. The maximum Gasteiger partial charge on any atom is 0.248 e. The summed E-state index contributed by atoms with van der Waals surface area (Å²) in [6, 6.07) is 13.9. The molecule has 3 heterocycles. The molecule has 1 saturated carbocycles. The predicted molar refractivity (Wildman–Crippen MR) is 140 cm³/mol. The highest BCUT2D eigenvalue weighted by Crippen LogP contribution is 2.40. The van der Waals surface area contributed by atoms with Gasteiger partial charge in [-0.15, -0.1) is 10.2 Å². The maximum atomic E-state index is 12.3. The van der Waals surface area contributed by atoms with Crippen LogP contribution in [0.25, 0.3) is 11.5 Å². The number of piperidine rings is 1. The first-order valence-electron chi connectivity index (χ1n) is 12.5. The standard InChI is InChI=1S/C26H34N6O3S/c1-17-13-20(17)16-31(2)22-14-19(15-23(28-22)32(3)36(4,33)34)25-29-30-26(35-25)24-21(11-8-12-27-24)18-9-6-5-7-10-18/h5-7,9-10,14-15,17,20-21,24,27H,8,11-13,16H2,1-4H3/t17-,20+,21+,24-/m1/s1. The van der Waals surface area contributed by atoms with Crippen LogP contribution in [-0.4, -0.2) is 57.0 Å². The lowest BCUT2D eigenvalue weighted by Crippen LogP contribution is -2.33. The predicted octanol–water partition coefficient (Wildman–Crippen LogP) is 3.83. The molecule has 3 aromatic rings. The average molecular weight is 511 g/mol. The summed E-state index contributed by atoms with van der Waals surface area (Å²) in [4.78, 5) is 6.72. The molecule has 1 aliphatic heterocycles. The molecule has 0 radical (unpaired) electrons. The molecule has 2 aliphatic rings. The second-order valence-electron chi connectivity index (χ2n) is 10.2. The highest BCUT2D eigenvalue weighted by atomic mass is 32.2. The second-order valence-corrected chi connectivity index (χ2v) is 12.2. The Morgan fingerprint density at radius 2 is 1.83 bits per heavy atom. The van der Waals surface area contributed by atoms with Crippen LogP contribution in [0.15, 0.2) is 46.9 Å². The number of pyridine rings is 1. The van der Waals surface area contributed by atoms with Gasteiger partial charge in [-0.3, -0.25) is 4.31 Å². The third-order valence-corrected chi connectivity index (χ3v) is 8.62. The third-order valence-electron chi connectivity index (χ3n) is 7.43. The van der Waals surface area contributed by atoms with Gasteiger partial charge in [-0.2, -0.15) is 0 Å². The van der Waals surface area contributed by atoms with Crippen LogP contribution in [0, 0.1) is 11.8 Å². The van der Waals surface area contributed by atoms with Crippen LogP contribution in [0.1, 0.15) is 49.6 Å². The van der Waals surface area contributed by atoms with E-state index in [1.807, 2.05) is 19.2 Å². The molecule has 36 heavy (non-hydrogen) atoms. The molecule has 0 amide bonds. The monoisotopic (exact) mass is 510 g/mol. The Bertz CT molecular complexity index is 1310. The molecule has 0 bridgehead atoms. The molecule has 4 atom stereocenters. The minimum atomic E-state index is -3.49. The van der Waals surface area contributed by atoms with Gasteiger partial charge in [-0.25, -0.2) is 13.4 Å². The number of benzene rings is 1. The van der Waals surface area contributed by atoms with Gasteiger partial charge in [0.1, 0.15) is 11.6 Å². The van der Waals surface area contributed by atoms with E-state index in [1.54, 1.807) is 6.07 Å². The molecule has 2 aromatic heterocycles. The molecule has 1 aliphatic carbocycles. The Morgan fingerprint density at radius 1 is 1.11 bits per heavy atom. The van der Waals surface area contributed by atoms with Gasteiger partial charge in [0, 0.05) is 32.1 Å². The molecule has 9 nitrogen and oxygen atoms in total. The van der Waals surface area contributed by atoms with E-state index >= 15 is 0 Å². The first kappa shape index (κ1) is 24.7. The minimum Gasteiger partial charge on any atom is -0.419 e. The van der Waals surface area contributed by atoms with Crippen molar-refractivity contribution in [3.8, 4) is 11.5 Å². The third kappa shape index (κ3) is 5.24. The topological polar surface area (TPSA) is 104 Å². The van der Waals surface area contributed by atoms with Crippen LogP contribution >= 0.6 is 0 Å². The Hall–Kier alpha value is -2.98. The summed E-state index contributed by atoms with van der Waals surface area (Å²) in [6.45, 7) is 3.99. The first-order valence-corrected chi connectivity index (χ1v) is 14.3. The normalized spacial score (nSPS) is 23.9. The molecule has 1 N–H and O–H groups in total. The number of anilines is 2.